The minimum atomic E-state index is -0.161. The maximum atomic E-state index is 9.46. The van der Waals surface area contributed by atoms with Crippen LogP contribution < -0.4 is 10.1 Å². The van der Waals surface area contributed by atoms with Crippen molar-refractivity contribution in [3.05, 3.63) is 29.3 Å². The zero-order chi connectivity index (χ0) is 14.3. The highest BCUT2D eigenvalue weighted by atomic mass is 16.5. The number of hydrogen-bond donors (Lipinski definition) is 2. The lowest BCUT2D eigenvalue weighted by molar-refractivity contribution is 0.145. The van der Waals surface area contributed by atoms with Gasteiger partial charge in [0, 0.05) is 5.54 Å². The van der Waals surface area contributed by atoms with Crippen molar-refractivity contribution in [1.82, 2.24) is 5.32 Å². The number of rotatable bonds is 8. The molecule has 0 saturated heterocycles. The van der Waals surface area contributed by atoms with E-state index in [0.29, 0.717) is 6.61 Å². The second-order valence-electron chi connectivity index (χ2n) is 5.26. The Hall–Kier alpha value is -1.06. The first kappa shape index (κ1) is 16.0. The molecule has 3 nitrogen and oxygen atoms in total. The molecule has 0 aliphatic rings. The highest BCUT2D eigenvalue weighted by molar-refractivity contribution is 5.35. The predicted octanol–water partition coefficient (Wildman–Crippen LogP) is 2.82. The number of aliphatic hydroxyl groups is 1. The largest absolute Gasteiger partial charge is 0.493 e. The van der Waals surface area contributed by atoms with E-state index >= 15 is 0 Å². The molecule has 0 bridgehead atoms. The summed E-state index contributed by atoms with van der Waals surface area (Å²) in [6.07, 6.45) is 2.77. The summed E-state index contributed by atoms with van der Waals surface area (Å²) in [7, 11) is 1.91. The Morgan fingerprint density at radius 1 is 1.32 bits per heavy atom. The molecule has 1 rings (SSSR count). The first-order chi connectivity index (χ1) is 9.06. The third-order valence-corrected chi connectivity index (χ3v) is 3.90. The lowest BCUT2D eigenvalue weighted by Gasteiger charge is -2.30. The molecule has 1 unspecified atom stereocenters. The Balaban J connectivity index is 2.42. The summed E-state index contributed by atoms with van der Waals surface area (Å²) in [6.45, 7) is 7.11. The van der Waals surface area contributed by atoms with Crippen LogP contribution in [0.5, 0.6) is 5.75 Å². The predicted molar refractivity (Wildman–Crippen MR) is 79.8 cm³/mol. The first-order valence-electron chi connectivity index (χ1n) is 7.06. The van der Waals surface area contributed by atoms with Crippen LogP contribution in [0.25, 0.3) is 0 Å². The van der Waals surface area contributed by atoms with E-state index in [0.717, 1.165) is 25.0 Å². The van der Waals surface area contributed by atoms with Crippen LogP contribution >= 0.6 is 0 Å². The smallest absolute Gasteiger partial charge is 0.122 e. The fraction of sp³-hybridized carbons (Fsp3) is 0.625. The van der Waals surface area contributed by atoms with Gasteiger partial charge in [-0.3, -0.25) is 0 Å². The maximum absolute atomic E-state index is 9.46. The molecule has 0 aliphatic carbocycles. The molecule has 1 aromatic carbocycles. The van der Waals surface area contributed by atoms with Gasteiger partial charge < -0.3 is 15.2 Å². The number of hydrogen-bond acceptors (Lipinski definition) is 3. The number of aryl methyl sites for hydroxylation is 2. The summed E-state index contributed by atoms with van der Waals surface area (Å²) in [5, 5.41) is 12.7. The molecule has 0 spiro atoms. The fourth-order valence-electron chi connectivity index (χ4n) is 2.30. The van der Waals surface area contributed by atoms with Crippen LogP contribution in [0.2, 0.25) is 0 Å². The number of ether oxygens (including phenoxy) is 1. The van der Waals surface area contributed by atoms with Crippen LogP contribution in [0.3, 0.4) is 0 Å². The first-order valence-corrected chi connectivity index (χ1v) is 7.06. The minimum Gasteiger partial charge on any atom is -0.493 e. The lowest BCUT2D eigenvalue weighted by atomic mass is 9.92. The average molecular weight is 265 g/mol. The summed E-state index contributed by atoms with van der Waals surface area (Å²) >= 11 is 0. The van der Waals surface area contributed by atoms with E-state index in [9.17, 15) is 5.11 Å². The van der Waals surface area contributed by atoms with Gasteiger partial charge in [-0.2, -0.15) is 0 Å². The molecule has 0 saturated carbocycles. The van der Waals surface area contributed by atoms with Gasteiger partial charge in [-0.1, -0.05) is 24.6 Å². The van der Waals surface area contributed by atoms with Crippen molar-refractivity contribution in [2.75, 3.05) is 20.3 Å². The quantitative estimate of drug-likeness (QED) is 0.710. The van der Waals surface area contributed by atoms with Crippen LogP contribution in [0.4, 0.5) is 0 Å². The fourth-order valence-corrected chi connectivity index (χ4v) is 2.30. The Labute approximate surface area is 117 Å². The van der Waals surface area contributed by atoms with Gasteiger partial charge >= 0.3 is 0 Å². The SMILES string of the molecule is CCC(CO)(CCCOc1ccc(C)cc1C)NC. The van der Waals surface area contributed by atoms with Crippen molar-refractivity contribution >= 4 is 0 Å². The van der Waals surface area contributed by atoms with Gasteiger partial charge in [0.15, 0.2) is 0 Å². The Morgan fingerprint density at radius 3 is 2.58 bits per heavy atom. The van der Waals surface area contributed by atoms with E-state index in [1.165, 1.54) is 11.1 Å². The molecule has 2 N–H and O–H groups in total. The van der Waals surface area contributed by atoms with Gasteiger partial charge in [-0.05, 0) is 51.8 Å². The topological polar surface area (TPSA) is 41.5 Å². The van der Waals surface area contributed by atoms with Crippen LogP contribution in [0, 0.1) is 13.8 Å². The van der Waals surface area contributed by atoms with Gasteiger partial charge in [-0.25, -0.2) is 0 Å². The van der Waals surface area contributed by atoms with Crippen molar-refractivity contribution in [2.24, 2.45) is 0 Å². The van der Waals surface area contributed by atoms with Crippen molar-refractivity contribution < 1.29 is 9.84 Å². The van der Waals surface area contributed by atoms with Crippen LogP contribution in [0.1, 0.15) is 37.3 Å². The second kappa shape index (κ2) is 7.51. The summed E-state index contributed by atoms with van der Waals surface area (Å²) in [6, 6.07) is 6.23. The van der Waals surface area contributed by atoms with Gasteiger partial charge in [-0.15, -0.1) is 0 Å². The van der Waals surface area contributed by atoms with Crippen LogP contribution in [-0.4, -0.2) is 30.9 Å². The molecule has 0 radical (unpaired) electrons. The van der Waals surface area contributed by atoms with E-state index in [4.69, 9.17) is 4.74 Å². The molecule has 1 atom stereocenters. The summed E-state index contributed by atoms with van der Waals surface area (Å²) in [5.74, 6) is 0.959. The molecular weight excluding hydrogens is 238 g/mol. The molecule has 108 valence electrons. The number of aliphatic hydroxyl groups excluding tert-OH is 1. The second-order valence-corrected chi connectivity index (χ2v) is 5.26. The molecule has 0 amide bonds. The Morgan fingerprint density at radius 2 is 2.05 bits per heavy atom. The van der Waals surface area contributed by atoms with Crippen molar-refractivity contribution in [1.29, 1.82) is 0 Å². The molecule has 0 aliphatic heterocycles. The third kappa shape index (κ3) is 4.51. The van der Waals surface area contributed by atoms with Gasteiger partial charge in [0.1, 0.15) is 5.75 Å². The normalized spacial score (nSPS) is 14.2. The van der Waals surface area contributed by atoms with E-state index < -0.39 is 0 Å². The highest BCUT2D eigenvalue weighted by Gasteiger charge is 2.24. The number of likely N-dealkylation sites (N-methyl/N-ethyl adjacent to an activating group) is 1. The lowest BCUT2D eigenvalue weighted by Crippen LogP contribution is -2.46. The minimum absolute atomic E-state index is 0.161. The van der Waals surface area contributed by atoms with E-state index in [1.807, 2.05) is 13.1 Å². The molecular formula is C16H27NO2. The summed E-state index contributed by atoms with van der Waals surface area (Å²) < 4.78 is 5.81. The van der Waals surface area contributed by atoms with Crippen molar-refractivity contribution in [3.8, 4) is 5.75 Å². The van der Waals surface area contributed by atoms with Gasteiger partial charge in [0.2, 0.25) is 0 Å². The van der Waals surface area contributed by atoms with Crippen LogP contribution in [-0.2, 0) is 0 Å². The standard InChI is InChI=1S/C16H27NO2/c1-5-16(12-18,17-4)9-6-10-19-15-8-7-13(2)11-14(15)3/h7-8,11,17-18H,5-6,9-10,12H2,1-4H3. The Kier molecular flexibility index (Phi) is 6.32. The maximum Gasteiger partial charge on any atom is 0.122 e. The zero-order valence-electron chi connectivity index (χ0n) is 12.6. The molecule has 0 fully saturated rings. The number of benzene rings is 1. The monoisotopic (exact) mass is 265 g/mol. The van der Waals surface area contributed by atoms with E-state index in [2.05, 4.69) is 38.2 Å². The van der Waals surface area contributed by atoms with Gasteiger partial charge in [0.25, 0.3) is 0 Å². The highest BCUT2D eigenvalue weighted by Crippen LogP contribution is 2.20. The summed E-state index contributed by atoms with van der Waals surface area (Å²) in [5.41, 5.74) is 2.27. The number of nitrogens with one attached hydrogen (secondary N) is 1. The van der Waals surface area contributed by atoms with Crippen LogP contribution in [0.15, 0.2) is 18.2 Å². The molecule has 3 heteroatoms. The Bertz CT molecular complexity index is 378. The molecule has 19 heavy (non-hydrogen) atoms. The zero-order valence-corrected chi connectivity index (χ0v) is 12.6. The van der Waals surface area contributed by atoms with Crippen molar-refractivity contribution in [2.45, 2.75) is 45.6 Å². The van der Waals surface area contributed by atoms with Crippen molar-refractivity contribution in [3.63, 3.8) is 0 Å². The average Bonchev–Trinajstić information content (AvgIpc) is 2.42. The molecule has 0 aromatic heterocycles. The van der Waals surface area contributed by atoms with E-state index in [1.54, 1.807) is 0 Å². The molecule has 0 heterocycles. The molecule has 1 aromatic rings. The van der Waals surface area contributed by atoms with Gasteiger partial charge in [0.05, 0.1) is 13.2 Å². The third-order valence-electron chi connectivity index (χ3n) is 3.90. The van der Waals surface area contributed by atoms with E-state index in [-0.39, 0.29) is 12.1 Å². The summed E-state index contributed by atoms with van der Waals surface area (Å²) in [4.78, 5) is 0.